The van der Waals surface area contributed by atoms with Gasteiger partial charge in [-0.05, 0) is 6.07 Å². The van der Waals surface area contributed by atoms with Crippen LogP contribution in [-0.2, 0) is 0 Å². The summed E-state index contributed by atoms with van der Waals surface area (Å²) in [5, 5.41) is 0.912. The average molecular weight is 232 g/mol. The molecular weight excluding hydrogens is 225 g/mol. The van der Waals surface area contributed by atoms with Gasteiger partial charge >= 0.3 is 7.25 Å². The van der Waals surface area contributed by atoms with Gasteiger partial charge in [0.2, 0.25) is 5.02 Å². The lowest BCUT2D eigenvalue weighted by molar-refractivity contribution is -0.566. The molecule has 1 rings (SSSR count). The molecule has 0 saturated carbocycles. The summed E-state index contributed by atoms with van der Waals surface area (Å²) in [6.07, 6.45) is 1.87. The molecule has 1 aromatic carbocycles. The van der Waals surface area contributed by atoms with E-state index in [9.17, 15) is 21.7 Å². The highest BCUT2D eigenvalue weighted by molar-refractivity contribution is 6.50. The molecule has 0 aliphatic rings. The molecule has 0 aliphatic carbocycles. The number of alkyl halides is 1. The Morgan fingerprint density at radius 1 is 1.14 bits per heavy atom. The van der Waals surface area contributed by atoms with Crippen LogP contribution in [0.5, 0.6) is 0 Å². The minimum atomic E-state index is -6.00. The monoisotopic (exact) mass is 232 g/mol. The molecule has 0 heterocycles. The van der Waals surface area contributed by atoms with Crippen LogP contribution in [0.2, 0.25) is 5.02 Å². The highest BCUT2D eigenvalue weighted by Crippen LogP contribution is 2.06. The number of hydrogen-bond donors (Lipinski definition) is 0. The molecule has 0 atom stereocenters. The second-order valence-electron chi connectivity index (χ2n) is 2.12. The second kappa shape index (κ2) is 5.85. The standard InChI is InChI=1S/C7H7ClF.BF4/c1-8-6-3-2-4-7(9)5-6;2-1(3,4)5/h2-5H,1H3;/q+1;-1. The molecular formula is C7H7BClF5. The van der Waals surface area contributed by atoms with Crippen LogP contribution in [0.1, 0.15) is 0 Å². The second-order valence-corrected chi connectivity index (χ2v) is 2.94. The van der Waals surface area contributed by atoms with Gasteiger partial charge in [-0.1, -0.05) is 6.07 Å². The Bertz CT molecular complexity index is 269. The van der Waals surface area contributed by atoms with Crippen molar-refractivity contribution in [1.82, 2.24) is 0 Å². The van der Waals surface area contributed by atoms with Crippen LogP contribution >= 0.6 is 0 Å². The van der Waals surface area contributed by atoms with E-state index < -0.39 is 7.25 Å². The summed E-state index contributed by atoms with van der Waals surface area (Å²) in [7, 11) is -4.03. The minimum absolute atomic E-state index is 0.179. The number of hydrogen-bond acceptors (Lipinski definition) is 0. The normalized spacial score (nSPS) is 10.4. The molecule has 0 bridgehead atoms. The molecule has 0 saturated heterocycles. The van der Waals surface area contributed by atoms with E-state index in [-0.39, 0.29) is 5.82 Å². The van der Waals surface area contributed by atoms with Gasteiger partial charge in [0.25, 0.3) is 0 Å². The van der Waals surface area contributed by atoms with Crippen molar-refractivity contribution in [1.29, 1.82) is 0 Å². The van der Waals surface area contributed by atoms with Crippen LogP contribution in [0.25, 0.3) is 0 Å². The minimum Gasteiger partial charge on any atom is -0.418 e. The Morgan fingerprint density at radius 2 is 1.64 bits per heavy atom. The predicted molar refractivity (Wildman–Crippen MR) is 41.7 cm³/mol. The fourth-order valence-electron chi connectivity index (χ4n) is 0.577. The Hall–Kier alpha value is -0.775. The summed E-state index contributed by atoms with van der Waals surface area (Å²) in [5.41, 5.74) is 0. The van der Waals surface area contributed by atoms with E-state index in [1.165, 1.54) is 12.1 Å². The van der Waals surface area contributed by atoms with Gasteiger partial charge in [0.15, 0.2) is 17.2 Å². The van der Waals surface area contributed by atoms with Crippen LogP contribution in [-0.4, -0.2) is 13.6 Å². The summed E-state index contributed by atoms with van der Waals surface area (Å²) >= 11 is 0. The first-order valence-corrected chi connectivity index (χ1v) is 4.58. The van der Waals surface area contributed by atoms with Crippen LogP contribution in [0.15, 0.2) is 24.3 Å². The lowest BCUT2D eigenvalue weighted by Crippen LogP contribution is -2.02. The largest absolute Gasteiger partial charge is 0.673 e. The molecule has 7 heteroatoms. The third-order valence-electron chi connectivity index (χ3n) is 1.00. The zero-order valence-corrected chi connectivity index (χ0v) is 7.91. The van der Waals surface area contributed by atoms with E-state index in [1.807, 2.05) is 23.2 Å². The highest BCUT2D eigenvalue weighted by Gasteiger charge is 2.20. The van der Waals surface area contributed by atoms with E-state index >= 15 is 0 Å². The molecule has 1 aromatic rings. The number of halogens is 6. The zero-order valence-electron chi connectivity index (χ0n) is 7.15. The van der Waals surface area contributed by atoms with Gasteiger partial charge in [0.1, 0.15) is 5.82 Å². The summed E-state index contributed by atoms with van der Waals surface area (Å²) < 4.78 is 51.3. The first-order valence-electron chi connectivity index (χ1n) is 3.45. The van der Waals surface area contributed by atoms with Gasteiger partial charge < -0.3 is 17.3 Å². The number of rotatable bonds is 1. The van der Waals surface area contributed by atoms with Gasteiger partial charge in [-0.2, -0.15) is 0 Å². The van der Waals surface area contributed by atoms with Crippen LogP contribution < -0.4 is 0 Å². The van der Waals surface area contributed by atoms with E-state index in [0.717, 1.165) is 5.02 Å². The summed E-state index contributed by atoms with van der Waals surface area (Å²) in [6.45, 7) is 0. The molecule has 14 heavy (non-hydrogen) atoms. The highest BCUT2D eigenvalue weighted by atomic mass is 35.5. The molecule has 0 radical (unpaired) electrons. The van der Waals surface area contributed by atoms with E-state index in [0.29, 0.717) is 0 Å². The van der Waals surface area contributed by atoms with Crippen molar-refractivity contribution in [3.8, 4) is 0 Å². The SMILES string of the molecule is C[Cl+]c1cccc(F)c1.F[B-](F)(F)F. The van der Waals surface area contributed by atoms with Crippen molar-refractivity contribution >= 4 is 7.25 Å². The molecule has 0 unspecified atom stereocenters. The topological polar surface area (TPSA) is 0 Å². The van der Waals surface area contributed by atoms with Crippen molar-refractivity contribution in [3.63, 3.8) is 0 Å². The predicted octanol–water partition coefficient (Wildman–Crippen LogP) is 3.26. The van der Waals surface area contributed by atoms with Gasteiger partial charge in [-0.15, -0.1) is 0 Å². The maximum absolute atomic E-state index is 12.3. The molecule has 0 nitrogen and oxygen atoms in total. The molecule has 80 valence electrons. The smallest absolute Gasteiger partial charge is 0.418 e. The maximum Gasteiger partial charge on any atom is 0.673 e. The molecule has 0 amide bonds. The molecule has 0 aliphatic heterocycles. The van der Waals surface area contributed by atoms with Gasteiger partial charge in [0, 0.05) is 12.1 Å². The van der Waals surface area contributed by atoms with E-state index in [2.05, 4.69) is 0 Å². The van der Waals surface area contributed by atoms with Gasteiger partial charge in [-0.3, -0.25) is 0 Å². The Labute approximate surface area is 81.9 Å². The molecule has 0 fully saturated rings. The van der Waals surface area contributed by atoms with Crippen molar-refractivity contribution in [2.24, 2.45) is 0 Å². The molecule has 0 spiro atoms. The quantitative estimate of drug-likeness (QED) is 0.396. The van der Waals surface area contributed by atoms with Crippen molar-refractivity contribution < 1.29 is 32.4 Å². The Kier molecular flexibility index (Phi) is 5.53. The van der Waals surface area contributed by atoms with Crippen molar-refractivity contribution in [2.45, 2.75) is 0 Å². The third-order valence-corrected chi connectivity index (χ3v) is 1.68. The fraction of sp³-hybridized carbons (Fsp3) is 0.143. The summed E-state index contributed by atoms with van der Waals surface area (Å²) in [5.74, 6) is -0.179. The molecule has 0 N–H and O–H groups in total. The summed E-state index contributed by atoms with van der Waals surface area (Å²) in [6, 6.07) is 6.48. The van der Waals surface area contributed by atoms with Crippen LogP contribution in [0.4, 0.5) is 21.7 Å². The third kappa shape index (κ3) is 9.31. The summed E-state index contributed by atoms with van der Waals surface area (Å²) in [4.78, 5) is 0. The van der Waals surface area contributed by atoms with Crippen molar-refractivity contribution in [3.05, 3.63) is 35.1 Å². The Balaban J connectivity index is 0.000000292. The van der Waals surface area contributed by atoms with Crippen molar-refractivity contribution in [2.75, 3.05) is 6.38 Å². The van der Waals surface area contributed by atoms with Crippen LogP contribution in [0.3, 0.4) is 0 Å². The Morgan fingerprint density at radius 3 is 1.93 bits per heavy atom. The fourth-order valence-corrected chi connectivity index (χ4v) is 0.990. The average Bonchev–Trinajstić information content (AvgIpc) is 2.01. The number of benzene rings is 1. The van der Waals surface area contributed by atoms with Crippen LogP contribution in [0, 0.1) is 16.6 Å². The first kappa shape index (κ1) is 13.2. The maximum atomic E-state index is 12.3. The zero-order chi connectivity index (χ0) is 11.2. The lowest BCUT2D eigenvalue weighted by Gasteiger charge is -1.94. The van der Waals surface area contributed by atoms with Gasteiger partial charge in [-0.25, -0.2) is 4.39 Å². The van der Waals surface area contributed by atoms with Gasteiger partial charge in [0.05, 0.1) is 0 Å². The van der Waals surface area contributed by atoms with E-state index in [4.69, 9.17) is 0 Å². The first-order chi connectivity index (χ1) is 6.33. The lowest BCUT2D eigenvalue weighted by atomic mass is 10.3. The molecule has 0 aromatic heterocycles. The van der Waals surface area contributed by atoms with E-state index in [1.54, 1.807) is 6.07 Å².